The number of nitrogens with one attached hydrogen (secondary N) is 1. The molecule has 0 heterocycles. The highest BCUT2D eigenvalue weighted by atomic mass is 16.6. The second-order valence-electron chi connectivity index (χ2n) is 5.01. The molecule has 2 aromatic carbocycles. The van der Waals surface area contributed by atoms with E-state index in [4.69, 9.17) is 4.74 Å². The summed E-state index contributed by atoms with van der Waals surface area (Å²) in [5.74, 6) is -1.19. The summed E-state index contributed by atoms with van der Waals surface area (Å²) in [6.45, 7) is -0.0781. The number of anilines is 1. The number of nitro groups is 1. The number of methoxy groups -OCH3 is 1. The van der Waals surface area contributed by atoms with Gasteiger partial charge in [-0.3, -0.25) is 10.1 Å². The zero-order valence-electron chi connectivity index (χ0n) is 13.6. The summed E-state index contributed by atoms with van der Waals surface area (Å²) in [5.41, 5.74) is 1.08. The molecule has 2 aromatic rings. The number of ether oxygens (including phenoxy) is 2. The van der Waals surface area contributed by atoms with Crippen molar-refractivity contribution in [1.82, 2.24) is 0 Å². The molecular weight excluding hydrogens is 328 g/mol. The average Bonchev–Trinajstić information content (AvgIpc) is 2.64. The van der Waals surface area contributed by atoms with Crippen LogP contribution in [-0.4, -0.2) is 31.0 Å². The highest BCUT2D eigenvalue weighted by Gasteiger charge is 2.17. The van der Waals surface area contributed by atoms with Crippen molar-refractivity contribution in [3.8, 4) is 0 Å². The molecule has 0 aliphatic rings. The summed E-state index contributed by atoms with van der Waals surface area (Å²) in [6.07, 6.45) is 0. The van der Waals surface area contributed by atoms with Gasteiger partial charge in [-0.15, -0.1) is 0 Å². The predicted molar refractivity (Wildman–Crippen MR) is 89.5 cm³/mol. The van der Waals surface area contributed by atoms with Crippen molar-refractivity contribution < 1.29 is 24.0 Å². The van der Waals surface area contributed by atoms with Crippen molar-refractivity contribution in [2.24, 2.45) is 0 Å². The van der Waals surface area contributed by atoms with E-state index in [1.54, 1.807) is 31.3 Å². The lowest BCUT2D eigenvalue weighted by Gasteiger charge is -2.08. The molecule has 130 valence electrons. The Morgan fingerprint density at radius 1 is 1.12 bits per heavy atom. The molecule has 0 radical (unpaired) electrons. The fourth-order valence-electron chi connectivity index (χ4n) is 2.16. The molecular formula is C17H16N2O6. The van der Waals surface area contributed by atoms with Crippen LogP contribution in [0.15, 0.2) is 42.5 Å². The zero-order chi connectivity index (χ0) is 18.4. The highest BCUT2D eigenvalue weighted by molar-refractivity contribution is 5.91. The van der Waals surface area contributed by atoms with Gasteiger partial charge in [0.05, 0.1) is 23.2 Å². The molecule has 0 aliphatic heterocycles. The van der Waals surface area contributed by atoms with Crippen LogP contribution in [-0.2, 0) is 16.1 Å². The number of hydrogen-bond acceptors (Lipinski definition) is 7. The quantitative estimate of drug-likeness (QED) is 0.487. The molecule has 2 rings (SSSR count). The van der Waals surface area contributed by atoms with Crippen LogP contribution in [0.5, 0.6) is 0 Å². The van der Waals surface area contributed by atoms with E-state index in [1.165, 1.54) is 19.2 Å². The van der Waals surface area contributed by atoms with Crippen LogP contribution in [0.4, 0.5) is 11.4 Å². The van der Waals surface area contributed by atoms with Gasteiger partial charge in [0.15, 0.2) is 0 Å². The molecule has 0 saturated carbocycles. The van der Waals surface area contributed by atoms with Crippen molar-refractivity contribution in [2.75, 3.05) is 19.5 Å². The standard InChI is InChI=1S/C17H16N2O6/c1-18-14-7-6-13(9-15(14)19(22)23)17(21)25-10-11-4-3-5-12(8-11)16(20)24-2/h3-9,18H,10H2,1-2H3. The number of rotatable bonds is 6. The molecule has 0 amide bonds. The van der Waals surface area contributed by atoms with Crippen molar-refractivity contribution in [2.45, 2.75) is 6.61 Å². The average molecular weight is 344 g/mol. The van der Waals surface area contributed by atoms with Gasteiger partial charge in [-0.1, -0.05) is 12.1 Å². The second-order valence-corrected chi connectivity index (χ2v) is 5.01. The number of hydrogen-bond donors (Lipinski definition) is 1. The largest absolute Gasteiger partial charge is 0.465 e. The van der Waals surface area contributed by atoms with Crippen molar-refractivity contribution in [1.29, 1.82) is 0 Å². The molecule has 8 nitrogen and oxygen atoms in total. The van der Waals surface area contributed by atoms with E-state index in [0.717, 1.165) is 6.07 Å². The van der Waals surface area contributed by atoms with Crippen molar-refractivity contribution in [3.05, 3.63) is 69.3 Å². The van der Waals surface area contributed by atoms with Gasteiger partial charge in [0.25, 0.3) is 5.69 Å². The van der Waals surface area contributed by atoms with Gasteiger partial charge in [0, 0.05) is 13.1 Å². The third-order valence-corrected chi connectivity index (χ3v) is 3.42. The summed E-state index contributed by atoms with van der Waals surface area (Å²) in [5, 5.41) is 13.7. The van der Waals surface area contributed by atoms with Crippen LogP contribution >= 0.6 is 0 Å². The first kappa shape index (κ1) is 17.9. The van der Waals surface area contributed by atoms with Gasteiger partial charge in [-0.05, 0) is 29.8 Å². The Bertz CT molecular complexity index is 819. The SMILES string of the molecule is CNc1ccc(C(=O)OCc2cccc(C(=O)OC)c2)cc1[N+](=O)[O-]. The number of carbonyl (C=O) groups excluding carboxylic acids is 2. The van der Waals surface area contributed by atoms with Gasteiger partial charge in [0.2, 0.25) is 0 Å². The molecule has 0 spiro atoms. The van der Waals surface area contributed by atoms with E-state index in [1.807, 2.05) is 0 Å². The highest BCUT2D eigenvalue weighted by Crippen LogP contribution is 2.25. The first-order chi connectivity index (χ1) is 12.0. The smallest absolute Gasteiger partial charge is 0.338 e. The summed E-state index contributed by atoms with van der Waals surface area (Å²) in [7, 11) is 2.82. The maximum atomic E-state index is 12.1. The lowest BCUT2D eigenvalue weighted by atomic mass is 10.1. The normalized spacial score (nSPS) is 10.0. The Labute approximate surface area is 143 Å². The van der Waals surface area contributed by atoms with Crippen LogP contribution in [0.25, 0.3) is 0 Å². The number of nitrogens with zero attached hydrogens (tertiary/aromatic N) is 1. The zero-order valence-corrected chi connectivity index (χ0v) is 13.6. The topological polar surface area (TPSA) is 108 Å². The van der Waals surface area contributed by atoms with Gasteiger partial charge < -0.3 is 14.8 Å². The van der Waals surface area contributed by atoms with E-state index in [0.29, 0.717) is 16.8 Å². The summed E-state index contributed by atoms with van der Waals surface area (Å²) in [6, 6.07) is 10.5. The molecule has 8 heteroatoms. The summed E-state index contributed by atoms with van der Waals surface area (Å²) >= 11 is 0. The number of nitro benzene ring substituents is 1. The molecule has 0 atom stereocenters. The van der Waals surface area contributed by atoms with Crippen LogP contribution in [0.2, 0.25) is 0 Å². The van der Waals surface area contributed by atoms with E-state index in [-0.39, 0.29) is 17.9 Å². The monoisotopic (exact) mass is 344 g/mol. The van der Waals surface area contributed by atoms with E-state index < -0.39 is 16.9 Å². The Morgan fingerprint density at radius 2 is 1.84 bits per heavy atom. The van der Waals surface area contributed by atoms with Crippen molar-refractivity contribution in [3.63, 3.8) is 0 Å². The lowest BCUT2D eigenvalue weighted by Crippen LogP contribution is -2.08. The summed E-state index contributed by atoms with van der Waals surface area (Å²) < 4.78 is 9.78. The Kier molecular flexibility index (Phi) is 5.67. The second kappa shape index (κ2) is 7.91. The minimum absolute atomic E-state index is 0.0647. The number of esters is 2. The third-order valence-electron chi connectivity index (χ3n) is 3.42. The first-order valence-corrected chi connectivity index (χ1v) is 7.27. The predicted octanol–water partition coefficient (Wildman–Crippen LogP) is 2.78. The van der Waals surface area contributed by atoms with E-state index >= 15 is 0 Å². The minimum atomic E-state index is -0.700. The summed E-state index contributed by atoms with van der Waals surface area (Å²) in [4.78, 5) is 34.1. The molecule has 0 unspecified atom stereocenters. The number of benzene rings is 2. The maximum Gasteiger partial charge on any atom is 0.338 e. The molecule has 0 bridgehead atoms. The van der Waals surface area contributed by atoms with Crippen molar-refractivity contribution >= 4 is 23.3 Å². The molecule has 1 N–H and O–H groups in total. The van der Waals surface area contributed by atoms with Crippen LogP contribution in [0.1, 0.15) is 26.3 Å². The van der Waals surface area contributed by atoms with Crippen LogP contribution in [0.3, 0.4) is 0 Å². The van der Waals surface area contributed by atoms with Gasteiger partial charge >= 0.3 is 11.9 Å². The molecule has 0 aromatic heterocycles. The van der Waals surface area contributed by atoms with E-state index in [2.05, 4.69) is 10.1 Å². The Balaban J connectivity index is 2.12. The first-order valence-electron chi connectivity index (χ1n) is 7.27. The van der Waals surface area contributed by atoms with Gasteiger partial charge in [-0.2, -0.15) is 0 Å². The lowest BCUT2D eigenvalue weighted by molar-refractivity contribution is -0.384. The fraction of sp³-hybridized carbons (Fsp3) is 0.176. The Morgan fingerprint density at radius 3 is 2.48 bits per heavy atom. The number of carbonyl (C=O) groups is 2. The molecule has 0 saturated heterocycles. The van der Waals surface area contributed by atoms with Crippen LogP contribution in [0, 0.1) is 10.1 Å². The minimum Gasteiger partial charge on any atom is -0.465 e. The third kappa shape index (κ3) is 4.31. The maximum absolute atomic E-state index is 12.1. The van der Waals surface area contributed by atoms with Gasteiger partial charge in [-0.25, -0.2) is 9.59 Å². The molecule has 0 fully saturated rings. The van der Waals surface area contributed by atoms with Gasteiger partial charge in [0.1, 0.15) is 12.3 Å². The Hall–Kier alpha value is -3.42. The fourth-order valence-corrected chi connectivity index (χ4v) is 2.16. The van der Waals surface area contributed by atoms with E-state index in [9.17, 15) is 19.7 Å². The van der Waals surface area contributed by atoms with Crippen LogP contribution < -0.4 is 5.32 Å². The molecule has 25 heavy (non-hydrogen) atoms. The molecule has 0 aliphatic carbocycles.